The van der Waals surface area contributed by atoms with Gasteiger partial charge in [-0.2, -0.15) is 0 Å². The minimum atomic E-state index is -1.92. The summed E-state index contributed by atoms with van der Waals surface area (Å²) < 4.78 is 9.10. The Labute approximate surface area is 97.0 Å². The summed E-state index contributed by atoms with van der Waals surface area (Å²) in [7, 11) is 0. The normalized spacial score (nSPS) is 36.6. The zero-order valence-corrected chi connectivity index (χ0v) is 9.13. The Bertz CT molecular complexity index is 270. The summed E-state index contributed by atoms with van der Waals surface area (Å²) in [6.45, 7) is 1.54. The Balaban J connectivity index is 2.64. The minimum absolute atomic E-state index is 0.0158. The lowest BCUT2D eigenvalue weighted by atomic mass is 10.0. The smallest absolute Gasteiger partial charge is 0.337 e. The quantitative estimate of drug-likeness (QED) is 0.328. The van der Waals surface area contributed by atoms with Crippen molar-refractivity contribution in [2.75, 3.05) is 6.61 Å². The molecule has 1 fully saturated rings. The highest BCUT2D eigenvalue weighted by atomic mass is 16.7. The fourth-order valence-electron chi connectivity index (χ4n) is 1.51. The van der Waals surface area contributed by atoms with Gasteiger partial charge in [0.25, 0.3) is 0 Å². The van der Waals surface area contributed by atoms with Crippen molar-refractivity contribution in [3.05, 3.63) is 0 Å². The van der Waals surface area contributed by atoms with E-state index in [-0.39, 0.29) is 6.61 Å². The van der Waals surface area contributed by atoms with Crippen molar-refractivity contribution in [3.8, 4) is 0 Å². The second-order valence-electron chi connectivity index (χ2n) is 3.66. The molecule has 6 unspecified atom stereocenters. The number of ether oxygens (including phenoxy) is 2. The molecule has 1 aliphatic heterocycles. The van der Waals surface area contributed by atoms with E-state index in [9.17, 15) is 25.2 Å². The van der Waals surface area contributed by atoms with Gasteiger partial charge in [0.05, 0.1) is 6.61 Å². The second kappa shape index (κ2) is 5.71. The Morgan fingerprint density at radius 1 is 1.29 bits per heavy atom. The molecule has 0 aromatic carbocycles. The zero-order valence-electron chi connectivity index (χ0n) is 9.13. The first-order valence-electron chi connectivity index (χ1n) is 5.12. The fourth-order valence-corrected chi connectivity index (χ4v) is 1.51. The number of rotatable bonds is 4. The Morgan fingerprint density at radius 3 is 2.29 bits per heavy atom. The summed E-state index contributed by atoms with van der Waals surface area (Å²) in [6, 6.07) is 0. The lowest BCUT2D eigenvalue weighted by molar-refractivity contribution is -0.179. The van der Waals surface area contributed by atoms with Crippen LogP contribution in [0.2, 0.25) is 0 Å². The Kier molecular flexibility index (Phi) is 4.80. The molecule has 0 aromatic rings. The molecule has 100 valence electrons. The van der Waals surface area contributed by atoms with E-state index in [1.165, 1.54) is 6.92 Å². The van der Waals surface area contributed by atoms with E-state index < -0.39 is 42.8 Å². The molecule has 1 rings (SSSR count). The molecule has 8 heteroatoms. The summed E-state index contributed by atoms with van der Waals surface area (Å²) >= 11 is 0. The molecule has 0 radical (unpaired) electrons. The van der Waals surface area contributed by atoms with Crippen molar-refractivity contribution in [2.45, 2.75) is 43.7 Å². The molecule has 0 aliphatic carbocycles. The average molecular weight is 252 g/mol. The van der Waals surface area contributed by atoms with Gasteiger partial charge < -0.3 is 35.0 Å². The van der Waals surface area contributed by atoms with E-state index in [1.54, 1.807) is 0 Å². The van der Waals surface area contributed by atoms with Crippen LogP contribution in [0.3, 0.4) is 0 Å². The molecule has 1 aliphatic rings. The molecule has 0 amide bonds. The summed E-state index contributed by atoms with van der Waals surface area (Å²) in [5.41, 5.74) is 0. The number of carbonyl (C=O) groups excluding carboxylic acids is 1. The highest BCUT2D eigenvalue weighted by Gasteiger charge is 2.48. The summed E-state index contributed by atoms with van der Waals surface area (Å²) in [5, 5.41) is 46.6. The number of esters is 1. The molecule has 8 nitrogen and oxygen atoms in total. The number of aliphatic hydroxyl groups excluding tert-OH is 5. The van der Waals surface area contributed by atoms with Crippen molar-refractivity contribution in [3.63, 3.8) is 0 Å². The fraction of sp³-hybridized carbons (Fsp3) is 0.889. The SMILES string of the molecule is CCOC(=O)C(O)C(O)C1OC(O)C(O)C1O. The third-order valence-corrected chi connectivity index (χ3v) is 2.46. The first kappa shape index (κ1) is 14.3. The second-order valence-corrected chi connectivity index (χ2v) is 3.66. The van der Waals surface area contributed by atoms with Gasteiger partial charge in [0.1, 0.15) is 24.4 Å². The van der Waals surface area contributed by atoms with Crippen molar-refractivity contribution >= 4 is 5.97 Å². The van der Waals surface area contributed by atoms with Gasteiger partial charge in [0.15, 0.2) is 12.4 Å². The van der Waals surface area contributed by atoms with Crippen LogP contribution < -0.4 is 0 Å². The van der Waals surface area contributed by atoms with Crippen LogP contribution in [0.15, 0.2) is 0 Å². The molecule has 1 saturated heterocycles. The number of carbonyl (C=O) groups is 1. The molecule has 5 N–H and O–H groups in total. The van der Waals surface area contributed by atoms with E-state index in [0.29, 0.717) is 0 Å². The summed E-state index contributed by atoms with van der Waals surface area (Å²) in [4.78, 5) is 11.1. The number of aliphatic hydroxyl groups is 5. The Hall–Kier alpha value is -0.770. The van der Waals surface area contributed by atoms with Crippen molar-refractivity contribution < 1.29 is 39.8 Å². The minimum Gasteiger partial charge on any atom is -0.464 e. The van der Waals surface area contributed by atoms with Crippen molar-refractivity contribution in [1.29, 1.82) is 0 Å². The maximum absolute atomic E-state index is 11.1. The molecule has 0 saturated carbocycles. The number of hydrogen-bond donors (Lipinski definition) is 5. The monoisotopic (exact) mass is 252 g/mol. The molecular formula is C9H16O8. The lowest BCUT2D eigenvalue weighted by Gasteiger charge is -2.23. The first-order valence-corrected chi connectivity index (χ1v) is 5.12. The predicted octanol–water partition coefficient (Wildman–Crippen LogP) is -3.29. The topological polar surface area (TPSA) is 137 Å². The van der Waals surface area contributed by atoms with E-state index in [0.717, 1.165) is 0 Å². The van der Waals surface area contributed by atoms with Crippen LogP contribution in [0.1, 0.15) is 6.92 Å². The van der Waals surface area contributed by atoms with Crippen LogP contribution in [-0.4, -0.2) is 74.9 Å². The predicted molar refractivity (Wildman–Crippen MR) is 51.5 cm³/mol. The Morgan fingerprint density at radius 2 is 1.88 bits per heavy atom. The molecular weight excluding hydrogens is 236 g/mol. The van der Waals surface area contributed by atoms with E-state index in [1.807, 2.05) is 0 Å². The van der Waals surface area contributed by atoms with Crippen LogP contribution in [0.4, 0.5) is 0 Å². The van der Waals surface area contributed by atoms with Gasteiger partial charge in [0.2, 0.25) is 0 Å². The largest absolute Gasteiger partial charge is 0.464 e. The molecule has 0 spiro atoms. The third-order valence-electron chi connectivity index (χ3n) is 2.46. The van der Waals surface area contributed by atoms with Gasteiger partial charge in [-0.1, -0.05) is 0 Å². The highest BCUT2D eigenvalue weighted by molar-refractivity contribution is 5.75. The molecule has 1 heterocycles. The molecule has 17 heavy (non-hydrogen) atoms. The van der Waals surface area contributed by atoms with Gasteiger partial charge >= 0.3 is 5.97 Å². The van der Waals surface area contributed by atoms with Gasteiger partial charge in [0, 0.05) is 0 Å². The molecule has 6 atom stereocenters. The van der Waals surface area contributed by atoms with E-state index in [2.05, 4.69) is 9.47 Å². The van der Waals surface area contributed by atoms with Crippen LogP contribution in [0, 0.1) is 0 Å². The van der Waals surface area contributed by atoms with Gasteiger partial charge in [-0.05, 0) is 6.92 Å². The maximum atomic E-state index is 11.1. The average Bonchev–Trinajstić information content (AvgIpc) is 2.55. The van der Waals surface area contributed by atoms with Gasteiger partial charge in [-0.25, -0.2) is 4.79 Å². The van der Waals surface area contributed by atoms with E-state index in [4.69, 9.17) is 5.11 Å². The highest BCUT2D eigenvalue weighted by Crippen LogP contribution is 2.23. The van der Waals surface area contributed by atoms with Crippen LogP contribution >= 0.6 is 0 Å². The number of hydrogen-bond acceptors (Lipinski definition) is 8. The van der Waals surface area contributed by atoms with Crippen LogP contribution in [0.25, 0.3) is 0 Å². The van der Waals surface area contributed by atoms with Gasteiger partial charge in [-0.3, -0.25) is 0 Å². The molecule has 0 aromatic heterocycles. The standard InChI is InChI=1S/C9H16O8/c1-2-16-8(14)5(12)3(10)7-4(11)6(13)9(15)17-7/h3-7,9-13,15H,2H2,1H3. The third kappa shape index (κ3) is 2.92. The van der Waals surface area contributed by atoms with Crippen molar-refractivity contribution in [1.82, 2.24) is 0 Å². The maximum Gasteiger partial charge on any atom is 0.337 e. The first-order chi connectivity index (χ1) is 7.90. The zero-order chi connectivity index (χ0) is 13.2. The van der Waals surface area contributed by atoms with Crippen LogP contribution in [0.5, 0.6) is 0 Å². The summed E-state index contributed by atoms with van der Waals surface area (Å²) in [5.74, 6) is -1.08. The van der Waals surface area contributed by atoms with E-state index >= 15 is 0 Å². The summed E-state index contributed by atoms with van der Waals surface area (Å²) in [6.07, 6.45) is -10.1. The van der Waals surface area contributed by atoms with Crippen LogP contribution in [-0.2, 0) is 14.3 Å². The lowest BCUT2D eigenvalue weighted by Crippen LogP contribution is -2.48. The van der Waals surface area contributed by atoms with Crippen molar-refractivity contribution in [2.24, 2.45) is 0 Å². The molecule has 0 bridgehead atoms. The van der Waals surface area contributed by atoms with Gasteiger partial charge in [-0.15, -0.1) is 0 Å².